The Hall–Kier alpha value is -2.16. The molecule has 5 aliphatic rings. The summed E-state index contributed by atoms with van der Waals surface area (Å²) in [5.74, 6) is -1.97. The largest absolute Gasteiger partial charge is 0.332 e. The highest BCUT2D eigenvalue weighted by Gasteiger charge is 2.69. The molecular formula is C40H61NO7S. The van der Waals surface area contributed by atoms with Gasteiger partial charge in [-0.2, -0.15) is 0 Å². The average Bonchev–Trinajstić information content (AvgIpc) is 3.88. The third-order valence-electron chi connectivity index (χ3n) is 13.2. The Balaban J connectivity index is 1.35. The molecule has 0 radical (unpaired) electrons. The number of sulfone groups is 1. The first-order valence-corrected chi connectivity index (χ1v) is 20.9. The van der Waals surface area contributed by atoms with Crippen molar-refractivity contribution < 1.29 is 32.4 Å². The van der Waals surface area contributed by atoms with Gasteiger partial charge >= 0.3 is 0 Å². The van der Waals surface area contributed by atoms with Crippen molar-refractivity contribution in [3.8, 4) is 0 Å². The first kappa shape index (κ1) is 38.1. The molecule has 0 N–H and O–H groups in total. The number of amides is 1. The molecule has 0 bridgehead atoms. The van der Waals surface area contributed by atoms with Crippen molar-refractivity contribution >= 4 is 38.9 Å². The Labute approximate surface area is 294 Å². The van der Waals surface area contributed by atoms with Gasteiger partial charge in [0, 0.05) is 44.1 Å². The van der Waals surface area contributed by atoms with Crippen molar-refractivity contribution in [2.24, 2.45) is 45.8 Å². The lowest BCUT2D eigenvalue weighted by molar-refractivity contribution is -0.148. The number of hydrogen-bond donors (Lipinski definition) is 0. The number of fused-ring (bicyclic) bond motifs is 1. The first-order chi connectivity index (χ1) is 22.9. The minimum Gasteiger partial charge on any atom is -0.332 e. The van der Waals surface area contributed by atoms with Crippen LogP contribution in [-0.2, 0) is 33.8 Å². The molecule has 3 saturated carbocycles. The fourth-order valence-corrected chi connectivity index (χ4v) is 12.5. The molecule has 2 aliphatic heterocycles. The molecule has 49 heavy (non-hydrogen) atoms. The monoisotopic (exact) mass is 699 g/mol. The maximum Gasteiger partial charge on any atom is 0.227 e. The van der Waals surface area contributed by atoms with Crippen molar-refractivity contribution in [2.75, 3.05) is 12.3 Å². The number of rotatable bonds is 16. The summed E-state index contributed by atoms with van der Waals surface area (Å²) in [5, 5.41) is -0.494. The number of Topliss-reactive ketones (excluding diaryl/α,β-unsaturated/α-hetero) is 4. The van der Waals surface area contributed by atoms with E-state index in [1.807, 2.05) is 20.8 Å². The topological polar surface area (TPSA) is 123 Å². The summed E-state index contributed by atoms with van der Waals surface area (Å²) in [4.78, 5) is 70.8. The third kappa shape index (κ3) is 8.17. The molecule has 3 aliphatic carbocycles. The van der Waals surface area contributed by atoms with Gasteiger partial charge in [-0.3, -0.25) is 24.0 Å². The van der Waals surface area contributed by atoms with Crippen molar-refractivity contribution in [1.29, 1.82) is 0 Å². The van der Waals surface area contributed by atoms with Crippen LogP contribution in [0.2, 0.25) is 0 Å². The minimum atomic E-state index is -3.29. The van der Waals surface area contributed by atoms with Crippen LogP contribution in [0.3, 0.4) is 0 Å². The zero-order chi connectivity index (χ0) is 35.9. The van der Waals surface area contributed by atoms with Crippen LogP contribution >= 0.6 is 0 Å². The molecule has 5 rings (SSSR count). The lowest BCUT2D eigenvalue weighted by Gasteiger charge is -2.45. The van der Waals surface area contributed by atoms with Gasteiger partial charge in [0.05, 0.1) is 17.0 Å². The summed E-state index contributed by atoms with van der Waals surface area (Å²) in [7, 11) is -3.29. The van der Waals surface area contributed by atoms with E-state index in [0.717, 1.165) is 51.4 Å². The predicted molar refractivity (Wildman–Crippen MR) is 190 cm³/mol. The van der Waals surface area contributed by atoms with Gasteiger partial charge in [0.2, 0.25) is 11.7 Å². The minimum absolute atomic E-state index is 0.0181. The van der Waals surface area contributed by atoms with Gasteiger partial charge in [-0.15, -0.1) is 6.58 Å². The molecule has 5 fully saturated rings. The third-order valence-corrected chi connectivity index (χ3v) is 15.7. The highest BCUT2D eigenvalue weighted by molar-refractivity contribution is 7.92. The molecular weight excluding hydrogens is 639 g/mol. The molecule has 8 nitrogen and oxygen atoms in total. The van der Waals surface area contributed by atoms with Crippen LogP contribution in [0.25, 0.3) is 0 Å². The Morgan fingerprint density at radius 1 is 0.939 bits per heavy atom. The Bertz CT molecular complexity index is 1430. The Morgan fingerprint density at radius 2 is 1.61 bits per heavy atom. The van der Waals surface area contributed by atoms with Crippen LogP contribution in [0.15, 0.2) is 12.7 Å². The van der Waals surface area contributed by atoms with Crippen molar-refractivity contribution in [3.05, 3.63) is 12.7 Å². The number of piperidine rings is 1. The summed E-state index contributed by atoms with van der Waals surface area (Å²) in [5.41, 5.74) is -1.25. The molecule has 0 aromatic carbocycles. The second-order valence-corrected chi connectivity index (χ2v) is 20.5. The molecule has 0 aromatic rings. The van der Waals surface area contributed by atoms with E-state index in [-0.39, 0.29) is 66.2 Å². The zero-order valence-corrected chi connectivity index (χ0v) is 31.6. The van der Waals surface area contributed by atoms with Crippen LogP contribution in [0, 0.1) is 45.8 Å². The van der Waals surface area contributed by atoms with Crippen molar-refractivity contribution in [3.63, 3.8) is 0 Å². The molecule has 274 valence electrons. The number of carbonyl (C=O) groups is 5. The summed E-state index contributed by atoms with van der Waals surface area (Å²) in [6, 6.07) is -0.678. The molecule has 1 unspecified atom stereocenters. The number of nitrogens with zero attached hydrogens (tertiary/aromatic N) is 1. The van der Waals surface area contributed by atoms with Gasteiger partial charge in [-0.1, -0.05) is 79.2 Å². The van der Waals surface area contributed by atoms with Gasteiger partial charge in [-0.25, -0.2) is 8.42 Å². The number of likely N-dealkylation sites (tertiary alicyclic amines) is 1. The molecule has 0 spiro atoms. The summed E-state index contributed by atoms with van der Waals surface area (Å²) in [6.45, 7) is 14.2. The fraction of sp³-hybridized carbons (Fsp3) is 0.825. The van der Waals surface area contributed by atoms with Gasteiger partial charge in [0.25, 0.3) is 0 Å². The van der Waals surface area contributed by atoms with E-state index in [1.165, 1.54) is 0 Å². The average molecular weight is 700 g/mol. The van der Waals surface area contributed by atoms with Crippen molar-refractivity contribution in [1.82, 2.24) is 4.90 Å². The number of allylic oxidation sites excluding steroid dienone is 1. The van der Waals surface area contributed by atoms with E-state index in [4.69, 9.17) is 0 Å². The lowest BCUT2D eigenvalue weighted by atomic mass is 9.66. The van der Waals surface area contributed by atoms with E-state index in [2.05, 4.69) is 20.4 Å². The second-order valence-electron chi connectivity index (χ2n) is 18.2. The molecule has 6 atom stereocenters. The Morgan fingerprint density at radius 3 is 2.20 bits per heavy atom. The summed E-state index contributed by atoms with van der Waals surface area (Å²) >= 11 is 0. The lowest BCUT2D eigenvalue weighted by Crippen LogP contribution is -2.51. The predicted octanol–water partition coefficient (Wildman–Crippen LogP) is 6.88. The van der Waals surface area contributed by atoms with E-state index >= 15 is 0 Å². The van der Waals surface area contributed by atoms with E-state index in [9.17, 15) is 32.4 Å². The van der Waals surface area contributed by atoms with Crippen molar-refractivity contribution in [2.45, 2.75) is 149 Å². The molecule has 2 heterocycles. The smallest absolute Gasteiger partial charge is 0.227 e. The highest BCUT2D eigenvalue weighted by Crippen LogP contribution is 2.65. The van der Waals surface area contributed by atoms with Crippen LogP contribution < -0.4 is 0 Å². The van der Waals surface area contributed by atoms with Gasteiger partial charge in [0.15, 0.2) is 21.4 Å². The number of ketones is 4. The fourth-order valence-electron chi connectivity index (χ4n) is 10.0. The number of hydrogen-bond acceptors (Lipinski definition) is 7. The quantitative estimate of drug-likeness (QED) is 0.127. The summed E-state index contributed by atoms with van der Waals surface area (Å²) in [6.07, 6.45) is 11.3. The number of carbonyl (C=O) groups excluding carboxylic acids is 5. The van der Waals surface area contributed by atoms with Gasteiger partial charge in [-0.05, 0) is 72.5 Å². The Kier molecular flexibility index (Phi) is 11.2. The van der Waals surface area contributed by atoms with E-state index in [0.29, 0.717) is 38.1 Å². The SMILES string of the molecule is C=CCCC(=O)C(=O)[C@@H](CC(=O)[C@@H]1[C@@H]2[C@H](CN1C(=O)[C@@H](CC(=O)CC1(C3CCCCS3(=O)=O)CCCCC1)C(C)(C)C)C2(C)C)CC1CC1. The van der Waals surface area contributed by atoms with Crippen LogP contribution in [0.5, 0.6) is 0 Å². The standard InChI is InChI=1S/C40H61NO7S/c1-7-8-14-31(43)36(45)27(21-26-16-17-26)22-32(44)35-34-30(39(34,5)6)25-41(35)37(46)29(38(2,3)4)23-28(42)24-40(18-11-9-12-19-40)33-15-10-13-20-49(33,47)48/h7,26-27,29-30,33-35H,1,8-25H2,2-6H3/t27-,29-,30+,33?,34+,35-/m1/s1. The zero-order valence-electron chi connectivity index (χ0n) is 30.8. The van der Waals surface area contributed by atoms with Gasteiger partial charge in [0.1, 0.15) is 5.78 Å². The summed E-state index contributed by atoms with van der Waals surface area (Å²) < 4.78 is 26.7. The molecule has 1 amide bonds. The normalized spacial score (nSPS) is 29.7. The molecule has 9 heteroatoms. The second kappa shape index (κ2) is 14.5. The maximum absolute atomic E-state index is 14.6. The van der Waals surface area contributed by atoms with Crippen LogP contribution in [-0.4, -0.2) is 65.9 Å². The highest BCUT2D eigenvalue weighted by atomic mass is 32.2. The van der Waals surface area contributed by atoms with Crippen LogP contribution in [0.4, 0.5) is 0 Å². The first-order valence-electron chi connectivity index (χ1n) is 19.2. The van der Waals surface area contributed by atoms with E-state index < -0.39 is 55.4 Å². The molecule has 2 saturated heterocycles. The molecule has 0 aromatic heterocycles. The van der Waals surface area contributed by atoms with Gasteiger partial charge < -0.3 is 4.90 Å². The van der Waals surface area contributed by atoms with E-state index in [1.54, 1.807) is 11.0 Å². The van der Waals surface area contributed by atoms with Crippen LogP contribution in [0.1, 0.15) is 137 Å². The maximum atomic E-state index is 14.6.